The van der Waals surface area contributed by atoms with Crippen molar-refractivity contribution >= 4 is 12.0 Å². The molecule has 2 aliphatic rings. The maximum atomic E-state index is 12.6. The van der Waals surface area contributed by atoms with E-state index in [0.717, 1.165) is 17.5 Å². The van der Waals surface area contributed by atoms with Crippen molar-refractivity contribution < 1.29 is 19.0 Å². The van der Waals surface area contributed by atoms with E-state index in [0.29, 0.717) is 12.0 Å². The monoisotopic (exact) mass is 370 g/mol. The first-order chi connectivity index (χ1) is 12.7. The van der Waals surface area contributed by atoms with Crippen molar-refractivity contribution in [2.75, 3.05) is 0 Å². The second kappa shape index (κ2) is 7.99. The molecule has 2 heterocycles. The number of carbonyl (C=O) groups excluding carboxylic acids is 1. The zero-order chi connectivity index (χ0) is 19.6. The van der Waals surface area contributed by atoms with E-state index in [-0.39, 0.29) is 30.2 Å². The van der Waals surface area contributed by atoms with Crippen LogP contribution in [0.3, 0.4) is 0 Å². The molecule has 0 aromatic heterocycles. The van der Waals surface area contributed by atoms with Crippen LogP contribution >= 0.6 is 0 Å². The molecule has 0 saturated carbocycles. The molecule has 27 heavy (non-hydrogen) atoms. The van der Waals surface area contributed by atoms with Crippen molar-refractivity contribution in [3.8, 4) is 0 Å². The average molecular weight is 370 g/mol. The Morgan fingerprint density at radius 2 is 1.85 bits per heavy atom. The van der Waals surface area contributed by atoms with Gasteiger partial charge < -0.3 is 14.2 Å². The fraction of sp³-hybridized carbons (Fsp3) is 0.522. The smallest absolute Gasteiger partial charge is 0.339 e. The summed E-state index contributed by atoms with van der Waals surface area (Å²) in [6, 6.07) is 5.80. The van der Waals surface area contributed by atoms with Gasteiger partial charge in [-0.2, -0.15) is 0 Å². The van der Waals surface area contributed by atoms with Crippen LogP contribution in [0, 0.1) is 12.8 Å². The number of benzene rings is 1. The van der Waals surface area contributed by atoms with Crippen molar-refractivity contribution in [3.05, 3.63) is 53.1 Å². The Labute approximate surface area is 162 Å². The second-order valence-corrected chi connectivity index (χ2v) is 8.11. The molecular weight excluding hydrogens is 340 g/mol. The number of rotatable bonds is 0. The summed E-state index contributed by atoms with van der Waals surface area (Å²) in [6.45, 7) is 10.0. The van der Waals surface area contributed by atoms with Crippen LogP contribution in [0.2, 0.25) is 0 Å². The third kappa shape index (κ3) is 4.88. The van der Waals surface area contributed by atoms with Crippen LogP contribution in [0.4, 0.5) is 0 Å². The molecule has 0 N–H and O–H groups in total. The highest BCUT2D eigenvalue weighted by molar-refractivity contribution is 5.93. The normalized spacial score (nSPS) is 33.3. The first kappa shape index (κ1) is 19.8. The average Bonchev–Trinajstić information content (AvgIpc) is 2.89. The Hall–Kier alpha value is -1.91. The molecule has 0 radical (unpaired) electrons. The molecule has 4 heteroatoms. The quantitative estimate of drug-likeness (QED) is 0.473. The van der Waals surface area contributed by atoms with E-state index < -0.39 is 5.79 Å². The molecule has 1 unspecified atom stereocenters. The van der Waals surface area contributed by atoms with Crippen molar-refractivity contribution in [1.82, 2.24) is 0 Å². The number of hydrogen-bond donors (Lipinski definition) is 0. The van der Waals surface area contributed by atoms with E-state index in [9.17, 15) is 4.79 Å². The van der Waals surface area contributed by atoms with E-state index in [1.807, 2.05) is 52.0 Å². The first-order valence-electron chi connectivity index (χ1n) is 9.75. The van der Waals surface area contributed by atoms with Crippen molar-refractivity contribution in [1.29, 1.82) is 0 Å². The Balaban J connectivity index is 1.93. The van der Waals surface area contributed by atoms with Crippen molar-refractivity contribution in [2.45, 2.75) is 71.6 Å². The lowest BCUT2D eigenvalue weighted by atomic mass is 9.96. The molecule has 4 nitrogen and oxygen atoms in total. The van der Waals surface area contributed by atoms with Gasteiger partial charge in [0.2, 0.25) is 0 Å². The largest absolute Gasteiger partial charge is 0.459 e. The summed E-state index contributed by atoms with van der Waals surface area (Å²) >= 11 is 0. The standard InChI is InChI=1S/C23H30O4/c1-15-12-13-19-18(14-15)10-7-11-20-21(27-23(4,5)26-20)16(2)8-6-9-17(3)25-22(19)24/h6-8,10,12-14,16-17,20-21H,9,11H2,1-5H3/b8-6-,10-7+/t16?,17-,20-,21+/m0/s1. The van der Waals surface area contributed by atoms with Crippen LogP contribution in [-0.4, -0.2) is 30.1 Å². The highest BCUT2D eigenvalue weighted by Crippen LogP contribution is 2.35. The summed E-state index contributed by atoms with van der Waals surface area (Å²) in [6.07, 6.45) is 9.47. The van der Waals surface area contributed by atoms with Gasteiger partial charge in [0.1, 0.15) is 6.10 Å². The van der Waals surface area contributed by atoms with Crippen molar-refractivity contribution in [3.63, 3.8) is 0 Å². The van der Waals surface area contributed by atoms with E-state index in [2.05, 4.69) is 25.2 Å². The third-order valence-electron chi connectivity index (χ3n) is 5.05. The summed E-state index contributed by atoms with van der Waals surface area (Å²) in [7, 11) is 0. The lowest BCUT2D eigenvalue weighted by Gasteiger charge is -2.21. The molecular formula is C23H30O4. The van der Waals surface area contributed by atoms with Crippen LogP contribution in [0.25, 0.3) is 6.08 Å². The summed E-state index contributed by atoms with van der Waals surface area (Å²) < 4.78 is 17.9. The molecule has 3 rings (SSSR count). The minimum absolute atomic E-state index is 0.00123. The summed E-state index contributed by atoms with van der Waals surface area (Å²) in [5, 5.41) is 0. The summed E-state index contributed by atoms with van der Waals surface area (Å²) in [5.74, 6) is -0.647. The van der Waals surface area contributed by atoms with E-state index in [1.54, 1.807) is 0 Å². The third-order valence-corrected chi connectivity index (χ3v) is 5.05. The zero-order valence-corrected chi connectivity index (χ0v) is 16.9. The molecule has 2 aliphatic heterocycles. The molecule has 0 bridgehead atoms. The molecule has 1 saturated heterocycles. The minimum atomic E-state index is -0.583. The molecule has 0 spiro atoms. The molecule has 1 fully saturated rings. The molecule has 1 aromatic carbocycles. The number of carbonyl (C=O) groups is 1. The fourth-order valence-corrected chi connectivity index (χ4v) is 3.71. The number of cyclic esters (lactones) is 1. The lowest BCUT2D eigenvalue weighted by molar-refractivity contribution is -0.148. The van der Waals surface area contributed by atoms with Gasteiger partial charge in [-0.3, -0.25) is 0 Å². The number of esters is 1. The zero-order valence-electron chi connectivity index (χ0n) is 16.9. The van der Waals surface area contributed by atoms with Gasteiger partial charge in [-0.05, 0) is 45.7 Å². The van der Waals surface area contributed by atoms with Gasteiger partial charge in [0.05, 0.1) is 17.8 Å². The van der Waals surface area contributed by atoms with Gasteiger partial charge in [0.15, 0.2) is 5.79 Å². The van der Waals surface area contributed by atoms with Gasteiger partial charge in [0, 0.05) is 12.3 Å². The van der Waals surface area contributed by atoms with Gasteiger partial charge in [-0.25, -0.2) is 4.79 Å². The topological polar surface area (TPSA) is 44.8 Å². The Morgan fingerprint density at radius 3 is 2.63 bits per heavy atom. The van der Waals surface area contributed by atoms with Crippen LogP contribution < -0.4 is 0 Å². The minimum Gasteiger partial charge on any atom is -0.459 e. The van der Waals surface area contributed by atoms with Gasteiger partial charge >= 0.3 is 5.97 Å². The van der Waals surface area contributed by atoms with Gasteiger partial charge in [-0.1, -0.05) is 48.9 Å². The SMILES string of the molecule is Cc1ccc2c(c1)/C=C/C[C@@H]1OC(C)(C)O[C@@H]1C(C)/C=C\C[C@H](C)OC2=O. The second-order valence-electron chi connectivity index (χ2n) is 8.11. The molecule has 4 atom stereocenters. The highest BCUT2D eigenvalue weighted by atomic mass is 16.8. The number of aryl methyl sites for hydroxylation is 1. The highest BCUT2D eigenvalue weighted by Gasteiger charge is 2.42. The molecule has 146 valence electrons. The van der Waals surface area contributed by atoms with E-state index in [1.165, 1.54) is 0 Å². The lowest BCUT2D eigenvalue weighted by Crippen LogP contribution is -2.28. The number of ether oxygens (including phenoxy) is 3. The predicted octanol–water partition coefficient (Wildman–Crippen LogP) is 5.06. The molecule has 0 amide bonds. The maximum Gasteiger partial charge on any atom is 0.339 e. The van der Waals surface area contributed by atoms with Crippen LogP contribution in [0.5, 0.6) is 0 Å². The Morgan fingerprint density at radius 1 is 1.07 bits per heavy atom. The van der Waals surface area contributed by atoms with Crippen molar-refractivity contribution in [2.24, 2.45) is 5.92 Å². The number of fused-ring (bicyclic) bond motifs is 2. The summed E-state index contributed by atoms with van der Waals surface area (Å²) in [5.41, 5.74) is 2.58. The van der Waals surface area contributed by atoms with Crippen LogP contribution in [0.1, 0.15) is 62.0 Å². The fourth-order valence-electron chi connectivity index (χ4n) is 3.71. The predicted molar refractivity (Wildman–Crippen MR) is 106 cm³/mol. The molecule has 0 aliphatic carbocycles. The summed E-state index contributed by atoms with van der Waals surface area (Å²) in [4.78, 5) is 12.6. The van der Waals surface area contributed by atoms with Crippen LogP contribution in [0.15, 0.2) is 36.4 Å². The van der Waals surface area contributed by atoms with Gasteiger partial charge in [0.25, 0.3) is 0 Å². The maximum absolute atomic E-state index is 12.6. The molecule has 1 aromatic rings. The first-order valence-corrected chi connectivity index (χ1v) is 9.75. The van der Waals surface area contributed by atoms with Crippen LogP contribution in [-0.2, 0) is 14.2 Å². The Bertz CT molecular complexity index is 747. The Kier molecular flexibility index (Phi) is 5.87. The van der Waals surface area contributed by atoms with Gasteiger partial charge in [-0.15, -0.1) is 0 Å². The van der Waals surface area contributed by atoms with E-state index in [4.69, 9.17) is 14.2 Å². The number of hydrogen-bond acceptors (Lipinski definition) is 4. The van der Waals surface area contributed by atoms with E-state index >= 15 is 0 Å².